The molecule has 5 fully saturated rings. The summed E-state index contributed by atoms with van der Waals surface area (Å²) in [6.45, 7) is 4.06. The monoisotopic (exact) mass is 594 g/mol. The van der Waals surface area contributed by atoms with Gasteiger partial charge in [0.15, 0.2) is 10.3 Å². The summed E-state index contributed by atoms with van der Waals surface area (Å²) >= 11 is 10.6. The molecule has 0 amide bonds. The van der Waals surface area contributed by atoms with Crippen LogP contribution in [-0.4, -0.2) is 38.4 Å². The van der Waals surface area contributed by atoms with Crippen LogP contribution in [0.5, 0.6) is 0 Å². The number of carbonyl (C=O) groups is 2. The summed E-state index contributed by atoms with van der Waals surface area (Å²) in [6, 6.07) is 1.80. The number of carbonyl (C=O) groups excluding carboxylic acids is 2. The Hall–Kier alpha value is -0.380. The number of furan rings is 1. The van der Waals surface area contributed by atoms with Crippen LogP contribution in [0.2, 0.25) is 0 Å². The van der Waals surface area contributed by atoms with Crippen molar-refractivity contribution < 1.29 is 28.6 Å². The van der Waals surface area contributed by atoms with Gasteiger partial charge in [-0.15, -0.1) is 0 Å². The Kier molecular flexibility index (Phi) is 4.48. The smallest absolute Gasteiger partial charge is 0.340 e. The van der Waals surface area contributed by atoms with Crippen LogP contribution < -0.4 is 0 Å². The van der Waals surface area contributed by atoms with Crippen molar-refractivity contribution in [2.45, 2.75) is 60.6 Å². The van der Waals surface area contributed by atoms with E-state index in [0.717, 1.165) is 5.56 Å². The Bertz CT molecular complexity index is 903. The van der Waals surface area contributed by atoms with E-state index >= 15 is 0 Å². The first-order valence-electron chi connectivity index (χ1n) is 9.70. The van der Waals surface area contributed by atoms with Gasteiger partial charge >= 0.3 is 11.9 Å². The highest BCUT2D eigenvalue weighted by Gasteiger charge is 2.78. The molecule has 5 aliphatic rings. The maximum atomic E-state index is 13.1. The van der Waals surface area contributed by atoms with Crippen molar-refractivity contribution in [3.63, 3.8) is 0 Å². The fourth-order valence-corrected chi connectivity index (χ4v) is 8.96. The van der Waals surface area contributed by atoms with Gasteiger partial charge in [0.05, 0.1) is 21.8 Å². The molecule has 0 radical (unpaired) electrons. The summed E-state index contributed by atoms with van der Waals surface area (Å²) in [4.78, 5) is 25.1. The van der Waals surface area contributed by atoms with Crippen LogP contribution in [0.4, 0.5) is 0 Å². The lowest BCUT2D eigenvalue weighted by atomic mass is 9.41. The molecule has 6 nitrogen and oxygen atoms in total. The number of ether oxygens (including phenoxy) is 2. The third kappa shape index (κ3) is 2.36. The van der Waals surface area contributed by atoms with E-state index in [9.17, 15) is 14.7 Å². The van der Waals surface area contributed by atoms with Crippen LogP contribution in [0.3, 0.4) is 0 Å². The van der Waals surface area contributed by atoms with Crippen LogP contribution in [0.15, 0.2) is 21.4 Å². The first-order valence-corrected chi connectivity index (χ1v) is 12.3. The van der Waals surface area contributed by atoms with E-state index in [1.54, 1.807) is 12.3 Å². The minimum atomic E-state index is -1.67. The van der Waals surface area contributed by atoms with Gasteiger partial charge in [-0.2, -0.15) is 0 Å². The number of aliphatic hydroxyl groups is 1. The minimum Gasteiger partial charge on any atom is -0.459 e. The molecule has 2 bridgehead atoms. The second-order valence-corrected chi connectivity index (χ2v) is 12.0. The number of rotatable bonds is 1. The number of esters is 2. The zero-order valence-electron chi connectivity index (χ0n) is 15.9. The number of hydrogen-bond donors (Lipinski definition) is 1. The molecule has 0 unspecified atom stereocenters. The Balaban J connectivity index is 1.63. The van der Waals surface area contributed by atoms with Gasteiger partial charge in [-0.3, -0.25) is 4.79 Å². The molecule has 3 saturated heterocycles. The average Bonchev–Trinajstić information content (AvgIpc) is 3.07. The van der Waals surface area contributed by atoms with Gasteiger partial charge in [-0.25, -0.2) is 4.79 Å². The quantitative estimate of drug-likeness (QED) is 0.385. The van der Waals surface area contributed by atoms with Crippen molar-refractivity contribution in [2.24, 2.45) is 22.7 Å². The van der Waals surface area contributed by atoms with Crippen LogP contribution in [-0.2, 0) is 19.1 Å². The van der Waals surface area contributed by atoms with Crippen molar-refractivity contribution in [2.75, 3.05) is 0 Å². The topological polar surface area (TPSA) is 86.0 Å². The molecular weight excluding hydrogens is 576 g/mol. The second kappa shape index (κ2) is 6.33. The van der Waals surface area contributed by atoms with Crippen LogP contribution in [0.1, 0.15) is 44.8 Å². The molecule has 6 rings (SSSR count). The normalized spacial score (nSPS) is 51.1. The van der Waals surface area contributed by atoms with Crippen molar-refractivity contribution in [3.8, 4) is 0 Å². The lowest BCUT2D eigenvalue weighted by Crippen LogP contribution is -2.80. The van der Waals surface area contributed by atoms with Gasteiger partial charge in [-0.05, 0) is 46.7 Å². The Morgan fingerprint density at radius 1 is 1.21 bits per heavy atom. The number of hydrogen-bond acceptors (Lipinski definition) is 6. The number of halogens is 3. The van der Waals surface area contributed by atoms with Gasteiger partial charge in [0.1, 0.15) is 12.2 Å². The summed E-state index contributed by atoms with van der Waals surface area (Å²) in [5.74, 6) is -1.32. The molecule has 1 aromatic rings. The molecule has 1 aromatic heterocycles. The number of cyclic esters (lactones) is 1. The Labute approximate surface area is 193 Å². The summed E-state index contributed by atoms with van der Waals surface area (Å²) in [5, 5.41) is 11.7. The number of alkyl halides is 2. The van der Waals surface area contributed by atoms with Crippen molar-refractivity contribution in [1.29, 1.82) is 0 Å². The fourth-order valence-electron chi connectivity index (χ4n) is 6.66. The van der Waals surface area contributed by atoms with Gasteiger partial charge in [0.2, 0.25) is 0 Å². The Morgan fingerprint density at radius 2 is 1.93 bits per heavy atom. The van der Waals surface area contributed by atoms with E-state index in [0.29, 0.717) is 23.9 Å². The van der Waals surface area contributed by atoms with Gasteiger partial charge in [0.25, 0.3) is 0 Å². The molecule has 9 heteroatoms. The summed E-state index contributed by atoms with van der Waals surface area (Å²) < 4.78 is 17.5. The zero-order valence-corrected chi connectivity index (χ0v) is 20.6. The highest BCUT2D eigenvalue weighted by molar-refractivity contribution is 9.12. The van der Waals surface area contributed by atoms with E-state index in [1.165, 1.54) is 0 Å². The van der Waals surface area contributed by atoms with Crippen molar-refractivity contribution in [1.82, 2.24) is 0 Å². The predicted octanol–water partition coefficient (Wildman–Crippen LogP) is 4.27. The Morgan fingerprint density at radius 3 is 2.59 bits per heavy atom. The van der Waals surface area contributed by atoms with E-state index in [2.05, 4.69) is 54.7 Å². The maximum absolute atomic E-state index is 13.1. The molecule has 0 spiro atoms. The zero-order chi connectivity index (χ0) is 20.9. The SMILES string of the molecule is C[C@@]12C[C@H](c3ccoc3Br)OC(=O)[C@@H]1CC[C@]1(C)[C@H]2[C@@H]2OC(=O)[C@@]1(O)[C@@H](Br)[C@@H]2Br. The standard InChI is InChI=1S/C20H21Br3O6/c1-18-7-10(8-4-6-27-15(8)23)28-16(24)9(18)3-5-19(2)13(18)12-11(21)14(22)20(19,26)17(25)29-12/h4,6,9-14,26H,3,5,7H2,1-2H3/t9-,10+,11+,12+,13-,14-,18+,19+,20-/m0/s1. The minimum absolute atomic E-state index is 0.198. The molecule has 9 atom stereocenters. The summed E-state index contributed by atoms with van der Waals surface area (Å²) in [5.41, 5.74) is -2.10. The molecule has 3 aliphatic heterocycles. The third-order valence-corrected chi connectivity index (χ3v) is 11.7. The first kappa shape index (κ1) is 20.5. The predicted molar refractivity (Wildman–Crippen MR) is 113 cm³/mol. The van der Waals surface area contributed by atoms with Gasteiger partial charge in [0, 0.05) is 16.9 Å². The largest absolute Gasteiger partial charge is 0.459 e. The maximum Gasteiger partial charge on any atom is 0.340 e. The summed E-state index contributed by atoms with van der Waals surface area (Å²) in [6.07, 6.45) is 2.34. The molecule has 158 valence electrons. The lowest BCUT2D eigenvalue weighted by Gasteiger charge is -2.69. The first-order chi connectivity index (χ1) is 13.6. The van der Waals surface area contributed by atoms with Gasteiger partial charge < -0.3 is 19.0 Å². The summed E-state index contributed by atoms with van der Waals surface area (Å²) in [7, 11) is 0. The highest BCUT2D eigenvalue weighted by Crippen LogP contribution is 2.70. The molecule has 29 heavy (non-hydrogen) atoms. The average molecular weight is 597 g/mol. The van der Waals surface area contributed by atoms with E-state index < -0.39 is 39.4 Å². The van der Waals surface area contributed by atoms with Crippen molar-refractivity contribution >= 4 is 59.7 Å². The van der Waals surface area contributed by atoms with E-state index in [-0.39, 0.29) is 22.6 Å². The molecule has 1 N–H and O–H groups in total. The molecule has 2 aliphatic carbocycles. The highest BCUT2D eigenvalue weighted by atomic mass is 79.9. The third-order valence-electron chi connectivity index (χ3n) is 8.05. The van der Waals surface area contributed by atoms with E-state index in [1.807, 2.05) is 6.92 Å². The second-order valence-electron chi connectivity index (χ2n) is 9.25. The van der Waals surface area contributed by atoms with Crippen molar-refractivity contribution in [3.05, 3.63) is 22.6 Å². The van der Waals surface area contributed by atoms with Crippen LogP contribution in [0.25, 0.3) is 0 Å². The van der Waals surface area contributed by atoms with Gasteiger partial charge in [-0.1, -0.05) is 45.7 Å². The van der Waals surface area contributed by atoms with E-state index in [4.69, 9.17) is 13.9 Å². The molecule has 2 saturated carbocycles. The fraction of sp³-hybridized carbons (Fsp3) is 0.700. The lowest BCUT2D eigenvalue weighted by molar-refractivity contribution is -0.286. The molecule has 0 aromatic carbocycles. The molecular formula is C20H21Br3O6. The molecule has 4 heterocycles. The van der Waals surface area contributed by atoms with Crippen LogP contribution >= 0.6 is 47.8 Å². The van der Waals surface area contributed by atoms with Crippen LogP contribution in [0, 0.1) is 22.7 Å². The number of fused-ring (bicyclic) bond motifs is 3.